The first-order valence-electron chi connectivity index (χ1n) is 16.0. The maximum atomic E-state index is 14.4. The Hall–Kier alpha value is -3.36. The van der Waals surface area contributed by atoms with E-state index in [9.17, 15) is 18.3 Å². The van der Waals surface area contributed by atoms with Gasteiger partial charge in [0.25, 0.3) is 15.9 Å². The summed E-state index contributed by atoms with van der Waals surface area (Å²) in [5.41, 5.74) is 1.57. The van der Waals surface area contributed by atoms with Gasteiger partial charge in [-0.05, 0) is 87.5 Å². The lowest BCUT2D eigenvalue weighted by atomic mass is 10.0. The van der Waals surface area contributed by atoms with Gasteiger partial charge in [0, 0.05) is 37.8 Å². The fraction of sp³-hybridized carbons (Fsp3) is 0.500. The highest BCUT2D eigenvalue weighted by atomic mass is 32.2. The highest BCUT2D eigenvalue weighted by Crippen LogP contribution is 2.33. The van der Waals surface area contributed by atoms with Crippen LogP contribution in [0.25, 0.3) is 0 Å². The van der Waals surface area contributed by atoms with Gasteiger partial charge in [-0.1, -0.05) is 19.1 Å². The maximum absolute atomic E-state index is 14.4. The SMILES string of the molecule is C[C@H]1CCCCO[C@@H](CN(C)Cc2ccc3c(c2)OCO3)[C@@H](C)CN([C@@H](C)CO)C(=O)c2cc(NS(=O)(=O)c3cccs3)ccc2O1. The number of hydrogen-bond donors (Lipinski definition) is 2. The number of hydrogen-bond acceptors (Lipinski definition) is 10. The summed E-state index contributed by atoms with van der Waals surface area (Å²) in [6.45, 7) is 7.97. The molecular formula is C34H45N3O8S2. The summed E-state index contributed by atoms with van der Waals surface area (Å²) in [5.74, 6) is 1.40. The van der Waals surface area contributed by atoms with E-state index in [2.05, 4.69) is 16.5 Å². The van der Waals surface area contributed by atoms with E-state index in [1.54, 1.807) is 35.4 Å². The number of fused-ring (bicyclic) bond motifs is 2. The Bertz CT molecular complexity index is 1600. The minimum atomic E-state index is -3.83. The Morgan fingerprint density at radius 2 is 1.87 bits per heavy atom. The van der Waals surface area contributed by atoms with Crippen LogP contribution in [0.5, 0.6) is 17.2 Å². The van der Waals surface area contributed by atoms with Crippen molar-refractivity contribution in [2.75, 3.05) is 44.9 Å². The molecule has 256 valence electrons. The van der Waals surface area contributed by atoms with Gasteiger partial charge in [-0.25, -0.2) is 8.42 Å². The summed E-state index contributed by atoms with van der Waals surface area (Å²) < 4.78 is 52.5. The van der Waals surface area contributed by atoms with E-state index in [0.717, 1.165) is 47.7 Å². The number of nitrogens with one attached hydrogen (secondary N) is 1. The summed E-state index contributed by atoms with van der Waals surface area (Å²) in [5, 5.41) is 11.9. The number of thiophene rings is 1. The molecule has 3 aromatic rings. The van der Waals surface area contributed by atoms with E-state index < -0.39 is 16.1 Å². The predicted molar refractivity (Wildman–Crippen MR) is 181 cm³/mol. The second-order valence-electron chi connectivity index (χ2n) is 12.4. The third-order valence-corrected chi connectivity index (χ3v) is 11.2. The van der Waals surface area contributed by atoms with Crippen LogP contribution >= 0.6 is 11.3 Å². The summed E-state index contributed by atoms with van der Waals surface area (Å²) in [6, 6.07) is 13.4. The number of anilines is 1. The molecule has 5 rings (SSSR count). The van der Waals surface area contributed by atoms with Crippen LogP contribution in [-0.4, -0.2) is 87.6 Å². The van der Waals surface area contributed by atoms with Crippen molar-refractivity contribution in [1.29, 1.82) is 0 Å². The molecule has 2 aromatic carbocycles. The number of amides is 1. The van der Waals surface area contributed by atoms with Crippen molar-refractivity contribution in [3.8, 4) is 17.2 Å². The predicted octanol–water partition coefficient (Wildman–Crippen LogP) is 5.21. The molecule has 2 aliphatic rings. The highest BCUT2D eigenvalue weighted by Gasteiger charge is 2.31. The minimum Gasteiger partial charge on any atom is -0.490 e. The number of sulfonamides is 1. The van der Waals surface area contributed by atoms with Gasteiger partial charge in [0.2, 0.25) is 6.79 Å². The van der Waals surface area contributed by atoms with E-state index in [1.807, 2.05) is 32.2 Å². The van der Waals surface area contributed by atoms with Crippen molar-refractivity contribution >= 4 is 33.0 Å². The Labute approximate surface area is 281 Å². The molecular weight excluding hydrogens is 643 g/mol. The summed E-state index contributed by atoms with van der Waals surface area (Å²) in [6.07, 6.45) is 2.10. The van der Waals surface area contributed by atoms with Gasteiger partial charge in [0.15, 0.2) is 11.5 Å². The summed E-state index contributed by atoms with van der Waals surface area (Å²) in [4.78, 5) is 18.2. The second kappa shape index (κ2) is 15.7. The van der Waals surface area contributed by atoms with Gasteiger partial charge in [0.05, 0.1) is 30.4 Å². The molecule has 0 aliphatic carbocycles. The molecule has 0 unspecified atom stereocenters. The van der Waals surface area contributed by atoms with Crippen LogP contribution in [0.2, 0.25) is 0 Å². The monoisotopic (exact) mass is 687 g/mol. The maximum Gasteiger partial charge on any atom is 0.271 e. The Kier molecular flexibility index (Phi) is 11.7. The van der Waals surface area contributed by atoms with Gasteiger partial charge < -0.3 is 29.0 Å². The molecule has 0 spiro atoms. The quantitative estimate of drug-likeness (QED) is 0.312. The van der Waals surface area contributed by atoms with Gasteiger partial charge in [-0.15, -0.1) is 11.3 Å². The smallest absolute Gasteiger partial charge is 0.271 e. The van der Waals surface area contributed by atoms with Crippen LogP contribution < -0.4 is 18.9 Å². The zero-order chi connectivity index (χ0) is 33.6. The van der Waals surface area contributed by atoms with Crippen LogP contribution in [0.3, 0.4) is 0 Å². The number of aliphatic hydroxyl groups is 1. The Balaban J connectivity index is 1.40. The summed E-state index contributed by atoms with van der Waals surface area (Å²) in [7, 11) is -1.79. The van der Waals surface area contributed by atoms with Gasteiger partial charge in [-0.3, -0.25) is 14.4 Å². The van der Waals surface area contributed by atoms with Crippen molar-refractivity contribution in [2.24, 2.45) is 5.92 Å². The molecule has 3 heterocycles. The van der Waals surface area contributed by atoms with Gasteiger partial charge in [-0.2, -0.15) is 0 Å². The molecule has 0 radical (unpaired) electrons. The molecule has 13 heteroatoms. The number of rotatable bonds is 9. The second-order valence-corrected chi connectivity index (χ2v) is 15.3. The molecule has 0 saturated carbocycles. The van der Waals surface area contributed by atoms with Crippen LogP contribution in [0.4, 0.5) is 5.69 Å². The summed E-state index contributed by atoms with van der Waals surface area (Å²) >= 11 is 1.11. The number of carbonyl (C=O) groups excluding carboxylic acids is 1. The number of benzene rings is 2. The molecule has 4 atom stereocenters. The Morgan fingerprint density at radius 3 is 2.64 bits per heavy atom. The van der Waals surface area contributed by atoms with Gasteiger partial charge in [0.1, 0.15) is 9.96 Å². The fourth-order valence-electron chi connectivity index (χ4n) is 5.79. The number of nitrogens with zero attached hydrogens (tertiary/aromatic N) is 2. The molecule has 1 aromatic heterocycles. The molecule has 0 fully saturated rings. The fourth-order valence-corrected chi connectivity index (χ4v) is 7.84. The molecule has 1 amide bonds. The normalized spacial score (nSPS) is 21.5. The largest absolute Gasteiger partial charge is 0.490 e. The average Bonchev–Trinajstić information content (AvgIpc) is 3.75. The van der Waals surface area contributed by atoms with Crippen LogP contribution in [0.1, 0.15) is 56.0 Å². The van der Waals surface area contributed by atoms with E-state index in [0.29, 0.717) is 32.0 Å². The van der Waals surface area contributed by atoms with Crippen LogP contribution in [0.15, 0.2) is 58.1 Å². The average molecular weight is 688 g/mol. The molecule has 2 aliphatic heterocycles. The zero-order valence-corrected chi connectivity index (χ0v) is 29.0. The number of ether oxygens (including phenoxy) is 4. The van der Waals surface area contributed by atoms with Crippen molar-refractivity contribution < 1.29 is 37.3 Å². The first-order valence-corrected chi connectivity index (χ1v) is 18.4. The highest BCUT2D eigenvalue weighted by molar-refractivity contribution is 7.94. The van der Waals surface area contributed by atoms with Gasteiger partial charge >= 0.3 is 0 Å². The lowest BCUT2D eigenvalue weighted by molar-refractivity contribution is -0.0177. The third-order valence-electron chi connectivity index (χ3n) is 8.44. The van der Waals surface area contributed by atoms with E-state index >= 15 is 0 Å². The van der Waals surface area contributed by atoms with Crippen LogP contribution in [0, 0.1) is 5.92 Å². The molecule has 2 N–H and O–H groups in total. The molecule has 0 saturated heterocycles. The Morgan fingerprint density at radius 1 is 1.09 bits per heavy atom. The lowest BCUT2D eigenvalue weighted by Crippen LogP contribution is -2.47. The zero-order valence-electron chi connectivity index (χ0n) is 27.4. The van der Waals surface area contributed by atoms with Crippen molar-refractivity contribution in [2.45, 2.75) is 69.0 Å². The number of aliphatic hydroxyl groups excluding tert-OH is 1. The first kappa shape index (κ1) is 35.0. The van der Waals surface area contributed by atoms with E-state index in [4.69, 9.17) is 18.9 Å². The van der Waals surface area contributed by atoms with Crippen molar-refractivity contribution in [3.63, 3.8) is 0 Å². The van der Waals surface area contributed by atoms with E-state index in [-0.39, 0.29) is 52.9 Å². The van der Waals surface area contributed by atoms with Crippen LogP contribution in [-0.2, 0) is 21.3 Å². The lowest BCUT2D eigenvalue weighted by Gasteiger charge is -2.36. The first-order chi connectivity index (χ1) is 22.5. The number of carbonyl (C=O) groups is 1. The van der Waals surface area contributed by atoms with Crippen molar-refractivity contribution in [3.05, 3.63) is 65.0 Å². The van der Waals surface area contributed by atoms with E-state index in [1.165, 1.54) is 12.1 Å². The molecule has 11 nitrogen and oxygen atoms in total. The topological polar surface area (TPSA) is 127 Å². The number of likely N-dealkylation sites (N-methyl/N-ethyl adjacent to an activating group) is 1. The molecule has 0 bridgehead atoms. The standard InChI is InChI=1S/C34H45N3O8S2/c1-23-18-37(24(2)21-38)34(39)28-17-27(35-47(40,41)33-9-7-15-46-33)11-13-29(28)45-25(3)8-5-6-14-42-32(23)20-36(4)19-26-10-12-30-31(16-26)44-22-43-30/h7,9-13,15-17,23-25,32,35,38H,5-6,8,14,18-22H2,1-4H3/t23-,24-,25-,32-/m0/s1. The third kappa shape index (κ3) is 8.96. The minimum absolute atomic E-state index is 0.0982. The van der Waals surface area contributed by atoms with Crippen molar-refractivity contribution in [1.82, 2.24) is 9.80 Å². The molecule has 47 heavy (non-hydrogen) atoms.